The molecule has 32 heavy (non-hydrogen) atoms. The third-order valence-electron chi connectivity index (χ3n) is 4.34. The Balaban J connectivity index is 2.93. The maximum atomic E-state index is 13.0. The van der Waals surface area contributed by atoms with Gasteiger partial charge in [0.25, 0.3) is 0 Å². The fourth-order valence-electron chi connectivity index (χ4n) is 3.17. The molecule has 0 aliphatic rings. The van der Waals surface area contributed by atoms with Crippen LogP contribution in [0.1, 0.15) is 75.0 Å². The lowest BCUT2D eigenvalue weighted by molar-refractivity contribution is 0.0453. The van der Waals surface area contributed by atoms with E-state index in [0.29, 0.717) is 5.56 Å². The third-order valence-corrected chi connectivity index (χ3v) is 4.34. The molecular weight excluding hydrogens is 418 g/mol. The van der Waals surface area contributed by atoms with Gasteiger partial charge in [-0.25, -0.2) is 19.2 Å². The quantitative estimate of drug-likeness (QED) is 0.405. The van der Waals surface area contributed by atoms with Crippen molar-refractivity contribution < 1.29 is 38.1 Å². The molecule has 0 spiro atoms. The Bertz CT molecular complexity index is 920. The molecule has 0 saturated heterocycles. The molecule has 1 aromatic carbocycles. The third kappa shape index (κ3) is 5.35. The zero-order valence-corrected chi connectivity index (χ0v) is 18.6. The number of esters is 4. The SMILES string of the molecule is CCOC(=O)c1c(C(=O)OCC)c(C(=O)OCC)n(Cc2ccccc2)c1C(=O)OCC. The van der Waals surface area contributed by atoms with Crippen LogP contribution in [0.2, 0.25) is 0 Å². The van der Waals surface area contributed by atoms with Crippen LogP contribution in [0.4, 0.5) is 0 Å². The number of nitrogens with zero attached hydrogens (tertiary/aromatic N) is 1. The summed E-state index contributed by atoms with van der Waals surface area (Å²) in [5.74, 6) is -3.66. The van der Waals surface area contributed by atoms with Crippen LogP contribution in [-0.2, 0) is 25.5 Å². The maximum Gasteiger partial charge on any atom is 0.355 e. The first-order valence-electron chi connectivity index (χ1n) is 10.4. The number of hydrogen-bond acceptors (Lipinski definition) is 8. The lowest BCUT2D eigenvalue weighted by Crippen LogP contribution is -2.20. The van der Waals surface area contributed by atoms with Gasteiger partial charge in [0, 0.05) is 6.54 Å². The summed E-state index contributed by atoms with van der Waals surface area (Å²) in [7, 11) is 0. The fraction of sp³-hybridized carbons (Fsp3) is 0.391. The predicted octanol–water partition coefficient (Wildman–Crippen LogP) is 3.24. The molecule has 1 heterocycles. The largest absolute Gasteiger partial charge is 0.462 e. The van der Waals surface area contributed by atoms with Gasteiger partial charge in [-0.3, -0.25) is 0 Å². The van der Waals surface area contributed by atoms with Crippen LogP contribution in [0, 0.1) is 0 Å². The summed E-state index contributed by atoms with van der Waals surface area (Å²) in [6.45, 7) is 6.37. The average Bonchev–Trinajstić information content (AvgIpc) is 3.10. The molecule has 0 N–H and O–H groups in total. The Hall–Kier alpha value is -3.62. The van der Waals surface area contributed by atoms with E-state index >= 15 is 0 Å². The summed E-state index contributed by atoms with van der Waals surface area (Å²) in [6.07, 6.45) is 0. The van der Waals surface area contributed by atoms with Crippen molar-refractivity contribution in [2.45, 2.75) is 34.2 Å². The number of benzene rings is 1. The number of rotatable bonds is 10. The molecule has 0 aliphatic heterocycles. The minimum Gasteiger partial charge on any atom is -0.462 e. The highest BCUT2D eigenvalue weighted by Gasteiger charge is 2.39. The summed E-state index contributed by atoms with van der Waals surface area (Å²) in [4.78, 5) is 51.7. The van der Waals surface area contributed by atoms with Gasteiger partial charge in [-0.15, -0.1) is 0 Å². The fourth-order valence-corrected chi connectivity index (χ4v) is 3.17. The highest BCUT2D eigenvalue weighted by atomic mass is 16.5. The second-order valence-corrected chi connectivity index (χ2v) is 6.40. The van der Waals surface area contributed by atoms with Gasteiger partial charge < -0.3 is 23.5 Å². The smallest absolute Gasteiger partial charge is 0.355 e. The van der Waals surface area contributed by atoms with E-state index in [9.17, 15) is 19.2 Å². The highest BCUT2D eigenvalue weighted by Crippen LogP contribution is 2.28. The zero-order chi connectivity index (χ0) is 23.7. The molecule has 172 valence electrons. The van der Waals surface area contributed by atoms with Crippen molar-refractivity contribution in [3.63, 3.8) is 0 Å². The molecule has 0 unspecified atom stereocenters. The second kappa shape index (κ2) is 11.7. The van der Waals surface area contributed by atoms with Crippen molar-refractivity contribution in [3.8, 4) is 0 Å². The Labute approximate surface area is 186 Å². The van der Waals surface area contributed by atoms with Crippen LogP contribution in [0.5, 0.6) is 0 Å². The van der Waals surface area contributed by atoms with Gasteiger partial charge in [0.2, 0.25) is 0 Å². The average molecular weight is 445 g/mol. The number of hydrogen-bond donors (Lipinski definition) is 0. The molecule has 9 nitrogen and oxygen atoms in total. The van der Waals surface area contributed by atoms with Crippen molar-refractivity contribution in [1.29, 1.82) is 0 Å². The monoisotopic (exact) mass is 445 g/mol. The molecule has 9 heteroatoms. The molecule has 2 aromatic rings. The molecule has 0 radical (unpaired) electrons. The maximum absolute atomic E-state index is 13.0. The standard InChI is InChI=1S/C23H27NO8/c1-5-29-20(25)16-17(21(26)30-6-2)19(23(28)32-8-4)24(18(16)22(27)31-7-3)14-15-12-10-9-11-13-15/h9-13H,5-8,14H2,1-4H3. The van der Waals surface area contributed by atoms with Crippen LogP contribution < -0.4 is 0 Å². The molecule has 0 saturated carbocycles. The van der Waals surface area contributed by atoms with E-state index in [1.807, 2.05) is 6.07 Å². The van der Waals surface area contributed by atoms with E-state index in [4.69, 9.17) is 18.9 Å². The molecule has 0 aliphatic carbocycles. The minimum atomic E-state index is -0.948. The number of aromatic nitrogens is 1. The van der Waals surface area contributed by atoms with Gasteiger partial charge >= 0.3 is 23.9 Å². The first kappa shape index (κ1) is 24.6. The van der Waals surface area contributed by atoms with Crippen molar-refractivity contribution >= 4 is 23.9 Å². The first-order valence-corrected chi connectivity index (χ1v) is 10.4. The van der Waals surface area contributed by atoms with Crippen LogP contribution in [0.25, 0.3) is 0 Å². The Morgan fingerprint density at radius 3 is 1.38 bits per heavy atom. The molecule has 2 rings (SSSR count). The van der Waals surface area contributed by atoms with Gasteiger partial charge in [0.05, 0.1) is 26.4 Å². The van der Waals surface area contributed by atoms with E-state index in [-0.39, 0.29) is 55.5 Å². The summed E-state index contributed by atoms with van der Waals surface area (Å²) < 4.78 is 21.8. The zero-order valence-electron chi connectivity index (χ0n) is 18.6. The Morgan fingerprint density at radius 1 is 0.625 bits per heavy atom. The summed E-state index contributed by atoms with van der Waals surface area (Å²) in [5.41, 5.74) is -0.615. The van der Waals surface area contributed by atoms with Crippen molar-refractivity contribution in [1.82, 2.24) is 4.57 Å². The van der Waals surface area contributed by atoms with Crippen molar-refractivity contribution in [2.24, 2.45) is 0 Å². The highest BCUT2D eigenvalue weighted by molar-refractivity contribution is 6.15. The molecule has 0 bridgehead atoms. The van der Waals surface area contributed by atoms with E-state index in [2.05, 4.69) is 0 Å². The van der Waals surface area contributed by atoms with Crippen LogP contribution in [0.15, 0.2) is 30.3 Å². The van der Waals surface area contributed by atoms with Crippen molar-refractivity contribution in [2.75, 3.05) is 26.4 Å². The molecule has 0 fully saturated rings. The van der Waals surface area contributed by atoms with Gasteiger partial charge in [-0.2, -0.15) is 0 Å². The van der Waals surface area contributed by atoms with E-state index < -0.39 is 23.9 Å². The molecule has 1 aromatic heterocycles. The van der Waals surface area contributed by atoms with Crippen LogP contribution in [0.3, 0.4) is 0 Å². The molecule has 0 atom stereocenters. The summed E-state index contributed by atoms with van der Waals surface area (Å²) in [6, 6.07) is 8.93. The van der Waals surface area contributed by atoms with Gasteiger partial charge in [0.1, 0.15) is 22.5 Å². The number of ether oxygens (including phenoxy) is 4. The van der Waals surface area contributed by atoms with E-state index in [1.54, 1.807) is 52.0 Å². The Kier molecular flexibility index (Phi) is 9.00. The topological polar surface area (TPSA) is 110 Å². The Morgan fingerprint density at radius 2 is 1.00 bits per heavy atom. The van der Waals surface area contributed by atoms with Crippen LogP contribution in [-0.4, -0.2) is 54.9 Å². The van der Waals surface area contributed by atoms with Crippen LogP contribution >= 0.6 is 0 Å². The molecular formula is C23H27NO8. The van der Waals surface area contributed by atoms with E-state index in [1.165, 1.54) is 4.57 Å². The van der Waals surface area contributed by atoms with E-state index in [0.717, 1.165) is 0 Å². The number of carbonyl (C=O) groups is 4. The first-order chi connectivity index (χ1) is 15.4. The van der Waals surface area contributed by atoms with Gasteiger partial charge in [-0.05, 0) is 33.3 Å². The minimum absolute atomic E-state index is 0.00501. The lowest BCUT2D eigenvalue weighted by atomic mass is 10.1. The lowest BCUT2D eigenvalue weighted by Gasteiger charge is -2.13. The normalized spacial score (nSPS) is 10.4. The summed E-state index contributed by atoms with van der Waals surface area (Å²) >= 11 is 0. The summed E-state index contributed by atoms with van der Waals surface area (Å²) in [5, 5.41) is 0. The van der Waals surface area contributed by atoms with Gasteiger partial charge in [0.15, 0.2) is 0 Å². The van der Waals surface area contributed by atoms with Crippen molar-refractivity contribution in [3.05, 3.63) is 58.4 Å². The predicted molar refractivity (Wildman–Crippen MR) is 114 cm³/mol. The molecule has 0 amide bonds. The number of carbonyl (C=O) groups excluding carboxylic acids is 4. The second-order valence-electron chi connectivity index (χ2n) is 6.40. The van der Waals surface area contributed by atoms with Gasteiger partial charge in [-0.1, -0.05) is 30.3 Å².